The third kappa shape index (κ3) is 1.14. The number of rotatable bonds is 2. The lowest BCUT2D eigenvalue weighted by Crippen LogP contribution is -2.60. The average molecular weight is 233 g/mol. The molecule has 4 heteroatoms. The summed E-state index contributed by atoms with van der Waals surface area (Å²) in [6.45, 7) is 1.77. The lowest BCUT2D eigenvalue weighted by Gasteiger charge is -2.47. The molecule has 0 radical (unpaired) electrons. The van der Waals surface area contributed by atoms with Crippen LogP contribution in [0.25, 0.3) is 0 Å². The van der Waals surface area contributed by atoms with E-state index in [1.165, 1.54) is 5.56 Å². The Hall–Kier alpha value is -1.26. The maximum atomic E-state index is 6.41. The number of hydrogen-bond acceptors (Lipinski definition) is 4. The van der Waals surface area contributed by atoms with Crippen LogP contribution in [0.4, 0.5) is 0 Å². The lowest BCUT2D eigenvalue weighted by atomic mass is 9.70. The zero-order valence-electron chi connectivity index (χ0n) is 9.57. The minimum Gasteiger partial charge on any atom is -0.454 e. The van der Waals surface area contributed by atoms with E-state index in [9.17, 15) is 0 Å². The zero-order chi connectivity index (χ0) is 11.5. The summed E-state index contributed by atoms with van der Waals surface area (Å²) >= 11 is 0. The molecule has 2 fully saturated rings. The minimum absolute atomic E-state index is 0.00597. The van der Waals surface area contributed by atoms with Gasteiger partial charge in [0, 0.05) is 5.54 Å². The highest BCUT2D eigenvalue weighted by Gasteiger charge is 2.61. The van der Waals surface area contributed by atoms with Crippen molar-refractivity contribution >= 4 is 0 Å². The molecule has 1 aromatic rings. The van der Waals surface area contributed by atoms with Crippen molar-refractivity contribution in [1.82, 2.24) is 0 Å². The topological polar surface area (TPSA) is 53.7 Å². The minimum atomic E-state index is -0.0705. The average Bonchev–Trinajstić information content (AvgIpc) is 2.84. The Morgan fingerprint density at radius 3 is 2.47 bits per heavy atom. The van der Waals surface area contributed by atoms with Crippen LogP contribution in [0.3, 0.4) is 0 Å². The molecule has 17 heavy (non-hydrogen) atoms. The Labute approximate surface area is 99.6 Å². The van der Waals surface area contributed by atoms with Crippen molar-refractivity contribution in [2.75, 3.05) is 20.0 Å². The standard InChI is InChI=1S/C13H15NO3/c14-13(3-4-13)12(6-15-7-12)9-1-2-10-11(5-9)17-8-16-10/h1-2,5H,3-4,6-8,14H2. The van der Waals surface area contributed by atoms with Crippen LogP contribution in [0.15, 0.2) is 18.2 Å². The van der Waals surface area contributed by atoms with Crippen LogP contribution in [-0.4, -0.2) is 25.5 Å². The third-order valence-corrected chi connectivity index (χ3v) is 4.36. The molecule has 0 spiro atoms. The molecule has 1 saturated carbocycles. The Kier molecular flexibility index (Phi) is 1.69. The summed E-state index contributed by atoms with van der Waals surface area (Å²) in [6, 6.07) is 6.14. The maximum Gasteiger partial charge on any atom is 0.231 e. The van der Waals surface area contributed by atoms with Crippen molar-refractivity contribution in [3.63, 3.8) is 0 Å². The van der Waals surface area contributed by atoms with E-state index in [2.05, 4.69) is 12.1 Å². The highest BCUT2D eigenvalue weighted by atomic mass is 16.7. The second kappa shape index (κ2) is 2.94. The molecule has 1 saturated heterocycles. The fourth-order valence-electron chi connectivity index (χ4n) is 2.86. The Bertz CT molecular complexity index is 478. The highest BCUT2D eigenvalue weighted by molar-refractivity contribution is 5.49. The van der Waals surface area contributed by atoms with E-state index < -0.39 is 0 Å². The van der Waals surface area contributed by atoms with Gasteiger partial charge in [-0.25, -0.2) is 0 Å². The highest BCUT2D eigenvalue weighted by Crippen LogP contribution is 2.54. The summed E-state index contributed by atoms with van der Waals surface area (Å²) in [6.07, 6.45) is 2.18. The fraction of sp³-hybridized carbons (Fsp3) is 0.538. The van der Waals surface area contributed by atoms with Crippen molar-refractivity contribution in [3.8, 4) is 11.5 Å². The molecule has 0 aromatic heterocycles. The second-order valence-electron chi connectivity index (χ2n) is 5.30. The number of nitrogens with two attached hydrogens (primary N) is 1. The van der Waals surface area contributed by atoms with Gasteiger partial charge in [-0.1, -0.05) is 6.07 Å². The largest absolute Gasteiger partial charge is 0.454 e. The second-order valence-corrected chi connectivity index (χ2v) is 5.30. The molecule has 2 aliphatic heterocycles. The van der Waals surface area contributed by atoms with E-state index in [-0.39, 0.29) is 11.0 Å². The van der Waals surface area contributed by atoms with Crippen molar-refractivity contribution in [1.29, 1.82) is 0 Å². The van der Waals surface area contributed by atoms with Crippen LogP contribution in [0.5, 0.6) is 11.5 Å². The molecule has 2 N–H and O–H groups in total. The first kappa shape index (κ1) is 9.74. The smallest absolute Gasteiger partial charge is 0.231 e. The zero-order valence-corrected chi connectivity index (χ0v) is 9.57. The molecule has 0 bridgehead atoms. The van der Waals surface area contributed by atoms with Crippen LogP contribution < -0.4 is 15.2 Å². The monoisotopic (exact) mass is 233 g/mol. The number of fused-ring (bicyclic) bond motifs is 1. The molecule has 1 aromatic carbocycles. The first-order chi connectivity index (χ1) is 8.24. The summed E-state index contributed by atoms with van der Waals surface area (Å²) in [7, 11) is 0. The quantitative estimate of drug-likeness (QED) is 0.833. The van der Waals surface area contributed by atoms with Gasteiger partial charge in [-0.15, -0.1) is 0 Å². The first-order valence-corrected chi connectivity index (χ1v) is 6.00. The molecule has 4 nitrogen and oxygen atoms in total. The molecule has 0 unspecified atom stereocenters. The molecular formula is C13H15NO3. The molecule has 90 valence electrons. The van der Waals surface area contributed by atoms with Crippen molar-refractivity contribution in [3.05, 3.63) is 23.8 Å². The SMILES string of the molecule is NC1(C2(c3ccc4c(c3)OCO4)COC2)CC1. The summed E-state index contributed by atoms with van der Waals surface area (Å²) in [5.74, 6) is 1.66. The van der Waals surface area contributed by atoms with E-state index in [1.54, 1.807) is 0 Å². The molecule has 1 aliphatic carbocycles. The van der Waals surface area contributed by atoms with Gasteiger partial charge < -0.3 is 19.9 Å². The van der Waals surface area contributed by atoms with Gasteiger partial charge in [0.05, 0.1) is 18.6 Å². The van der Waals surface area contributed by atoms with E-state index >= 15 is 0 Å². The fourth-order valence-corrected chi connectivity index (χ4v) is 2.86. The predicted molar refractivity (Wildman–Crippen MR) is 61.2 cm³/mol. The molecule has 0 atom stereocenters. The molecule has 2 heterocycles. The van der Waals surface area contributed by atoms with Gasteiger partial charge in [-0.3, -0.25) is 0 Å². The lowest BCUT2D eigenvalue weighted by molar-refractivity contribution is -0.0786. The molecular weight excluding hydrogens is 218 g/mol. The molecule has 4 rings (SSSR count). The van der Waals surface area contributed by atoms with E-state index in [0.29, 0.717) is 6.79 Å². The van der Waals surface area contributed by atoms with E-state index in [0.717, 1.165) is 37.6 Å². The number of hydrogen-bond donors (Lipinski definition) is 1. The van der Waals surface area contributed by atoms with Crippen molar-refractivity contribution in [2.45, 2.75) is 23.8 Å². The van der Waals surface area contributed by atoms with Gasteiger partial charge in [0.1, 0.15) is 0 Å². The van der Waals surface area contributed by atoms with Gasteiger partial charge in [0.25, 0.3) is 0 Å². The van der Waals surface area contributed by atoms with Gasteiger partial charge in [0.2, 0.25) is 6.79 Å². The number of benzene rings is 1. The summed E-state index contributed by atoms with van der Waals surface area (Å²) < 4.78 is 16.2. The third-order valence-electron chi connectivity index (χ3n) is 4.36. The van der Waals surface area contributed by atoms with Crippen LogP contribution in [0, 0.1) is 0 Å². The summed E-state index contributed by atoms with van der Waals surface area (Å²) in [5, 5.41) is 0. The Morgan fingerprint density at radius 2 is 1.82 bits per heavy atom. The van der Waals surface area contributed by atoms with Gasteiger partial charge in [0.15, 0.2) is 11.5 Å². The van der Waals surface area contributed by atoms with Gasteiger partial charge in [-0.05, 0) is 30.5 Å². The van der Waals surface area contributed by atoms with Crippen LogP contribution in [0.1, 0.15) is 18.4 Å². The summed E-state index contributed by atoms with van der Waals surface area (Å²) in [5.41, 5.74) is 7.57. The van der Waals surface area contributed by atoms with E-state index in [4.69, 9.17) is 19.9 Å². The van der Waals surface area contributed by atoms with Crippen LogP contribution in [0.2, 0.25) is 0 Å². The molecule has 3 aliphatic rings. The van der Waals surface area contributed by atoms with Gasteiger partial charge >= 0.3 is 0 Å². The molecule has 0 amide bonds. The first-order valence-electron chi connectivity index (χ1n) is 6.00. The van der Waals surface area contributed by atoms with Gasteiger partial charge in [-0.2, -0.15) is 0 Å². The Balaban J connectivity index is 1.78. The predicted octanol–water partition coefficient (Wildman–Crippen LogP) is 1.17. The van der Waals surface area contributed by atoms with E-state index in [1.807, 2.05) is 6.07 Å². The Morgan fingerprint density at radius 1 is 1.06 bits per heavy atom. The summed E-state index contributed by atoms with van der Waals surface area (Å²) in [4.78, 5) is 0. The normalized spacial score (nSPS) is 26.4. The van der Waals surface area contributed by atoms with Crippen LogP contribution >= 0.6 is 0 Å². The van der Waals surface area contributed by atoms with Crippen molar-refractivity contribution in [2.24, 2.45) is 5.73 Å². The van der Waals surface area contributed by atoms with Crippen LogP contribution in [-0.2, 0) is 10.2 Å². The maximum absolute atomic E-state index is 6.41. The van der Waals surface area contributed by atoms with Crippen molar-refractivity contribution < 1.29 is 14.2 Å². The number of ether oxygens (including phenoxy) is 3.